The molecule has 0 saturated carbocycles. The summed E-state index contributed by atoms with van der Waals surface area (Å²) in [5.41, 5.74) is 0.0292. The number of allylic oxidation sites excluding steroid dienone is 2. The Balaban J connectivity index is 2.02. The third kappa shape index (κ3) is 3.65. The Morgan fingerprint density at radius 3 is 2.52 bits per heavy atom. The van der Waals surface area contributed by atoms with Gasteiger partial charge in [0.05, 0.1) is 11.8 Å². The molecule has 4 nitrogen and oxygen atoms in total. The van der Waals surface area contributed by atoms with Crippen LogP contribution in [0.3, 0.4) is 0 Å². The van der Waals surface area contributed by atoms with Crippen LogP contribution in [0.5, 0.6) is 0 Å². The molecule has 2 unspecified atom stereocenters. The molecule has 1 aromatic rings. The van der Waals surface area contributed by atoms with Gasteiger partial charge in [-0.15, -0.1) is 0 Å². The first-order valence-corrected chi connectivity index (χ1v) is 6.58. The largest absolute Gasteiger partial charge is 0.481 e. The number of halogens is 2. The maximum Gasteiger partial charge on any atom is 0.307 e. The van der Waals surface area contributed by atoms with Crippen LogP contribution in [0.2, 0.25) is 0 Å². The number of carbonyl (C=O) groups excluding carboxylic acids is 1. The number of benzene rings is 1. The van der Waals surface area contributed by atoms with Crippen LogP contribution in [0.1, 0.15) is 18.4 Å². The molecule has 1 aliphatic rings. The summed E-state index contributed by atoms with van der Waals surface area (Å²) < 4.78 is 26.5. The lowest BCUT2D eigenvalue weighted by Crippen LogP contribution is -2.38. The fourth-order valence-electron chi connectivity index (χ4n) is 2.37. The molecule has 1 aromatic carbocycles. The quantitative estimate of drug-likeness (QED) is 0.837. The van der Waals surface area contributed by atoms with Crippen LogP contribution in [-0.4, -0.2) is 17.0 Å². The third-order valence-electron chi connectivity index (χ3n) is 3.55. The molecule has 1 amide bonds. The van der Waals surface area contributed by atoms with Gasteiger partial charge in [0.1, 0.15) is 11.6 Å². The fourth-order valence-corrected chi connectivity index (χ4v) is 2.37. The Kier molecular flexibility index (Phi) is 4.67. The van der Waals surface area contributed by atoms with Crippen LogP contribution in [0.25, 0.3) is 0 Å². The summed E-state index contributed by atoms with van der Waals surface area (Å²) in [6, 6.07) is 2.98. The fraction of sp³-hybridized carbons (Fsp3) is 0.333. The van der Waals surface area contributed by atoms with Crippen molar-refractivity contribution >= 4 is 11.9 Å². The second-order valence-corrected chi connectivity index (χ2v) is 4.95. The van der Waals surface area contributed by atoms with Gasteiger partial charge >= 0.3 is 5.97 Å². The zero-order chi connectivity index (χ0) is 15.4. The van der Waals surface area contributed by atoms with Gasteiger partial charge in [0.15, 0.2) is 0 Å². The topological polar surface area (TPSA) is 66.4 Å². The van der Waals surface area contributed by atoms with Gasteiger partial charge < -0.3 is 10.4 Å². The Bertz CT molecular complexity index is 586. The molecule has 21 heavy (non-hydrogen) atoms. The summed E-state index contributed by atoms with van der Waals surface area (Å²) in [5, 5.41) is 11.6. The summed E-state index contributed by atoms with van der Waals surface area (Å²) in [5.74, 6) is -4.18. The zero-order valence-corrected chi connectivity index (χ0v) is 11.2. The Morgan fingerprint density at radius 2 is 1.86 bits per heavy atom. The number of hydrogen-bond acceptors (Lipinski definition) is 2. The lowest BCUT2D eigenvalue weighted by Gasteiger charge is -2.24. The summed E-state index contributed by atoms with van der Waals surface area (Å²) in [4.78, 5) is 23.2. The van der Waals surface area contributed by atoms with Crippen molar-refractivity contribution in [1.29, 1.82) is 0 Å². The third-order valence-corrected chi connectivity index (χ3v) is 3.55. The normalized spacial score (nSPS) is 21.0. The molecule has 1 aliphatic carbocycles. The molecule has 0 radical (unpaired) electrons. The van der Waals surface area contributed by atoms with E-state index in [9.17, 15) is 18.4 Å². The molecule has 0 heterocycles. The van der Waals surface area contributed by atoms with Crippen LogP contribution in [0, 0.1) is 23.5 Å². The first-order valence-electron chi connectivity index (χ1n) is 6.58. The van der Waals surface area contributed by atoms with Crippen molar-refractivity contribution in [3.05, 3.63) is 47.5 Å². The van der Waals surface area contributed by atoms with Crippen molar-refractivity contribution in [2.75, 3.05) is 0 Å². The van der Waals surface area contributed by atoms with Crippen molar-refractivity contribution in [3.63, 3.8) is 0 Å². The van der Waals surface area contributed by atoms with E-state index in [-0.39, 0.29) is 12.1 Å². The van der Waals surface area contributed by atoms with Crippen molar-refractivity contribution in [3.8, 4) is 0 Å². The van der Waals surface area contributed by atoms with E-state index in [1.165, 1.54) is 0 Å². The molecule has 0 fully saturated rings. The maximum atomic E-state index is 13.4. The summed E-state index contributed by atoms with van der Waals surface area (Å²) >= 11 is 0. The Labute approximate surface area is 120 Å². The number of carboxylic acid groups (broad SMARTS) is 1. The second-order valence-electron chi connectivity index (χ2n) is 4.95. The van der Waals surface area contributed by atoms with Crippen molar-refractivity contribution in [2.45, 2.75) is 19.4 Å². The lowest BCUT2D eigenvalue weighted by molar-refractivity contribution is -0.147. The van der Waals surface area contributed by atoms with Gasteiger partial charge in [0.25, 0.3) is 0 Å². The summed E-state index contributed by atoms with van der Waals surface area (Å²) in [7, 11) is 0. The average Bonchev–Trinajstić information content (AvgIpc) is 2.47. The molecule has 0 bridgehead atoms. The average molecular weight is 295 g/mol. The number of aliphatic carboxylic acids is 1. The number of hydrogen-bond donors (Lipinski definition) is 2. The highest BCUT2D eigenvalue weighted by atomic mass is 19.1. The highest BCUT2D eigenvalue weighted by Gasteiger charge is 2.33. The standard InChI is InChI=1S/C15H15F2NO3/c16-10-5-6-13(17)9(7-10)8-18-14(19)11-3-1-2-4-12(11)15(20)21/h1-2,5-7,11-12H,3-4,8H2,(H,18,19)(H,20,21). The first-order chi connectivity index (χ1) is 9.99. The highest BCUT2D eigenvalue weighted by molar-refractivity contribution is 5.85. The molecular weight excluding hydrogens is 280 g/mol. The van der Waals surface area contributed by atoms with Gasteiger partial charge in [-0.2, -0.15) is 0 Å². The molecule has 6 heteroatoms. The SMILES string of the molecule is O=C(O)C1CC=CCC1C(=O)NCc1cc(F)ccc1F. The van der Waals surface area contributed by atoms with Crippen molar-refractivity contribution in [2.24, 2.45) is 11.8 Å². The van der Waals surface area contributed by atoms with Crippen LogP contribution in [0.4, 0.5) is 8.78 Å². The minimum Gasteiger partial charge on any atom is -0.481 e. The zero-order valence-electron chi connectivity index (χ0n) is 11.2. The summed E-state index contributed by atoms with van der Waals surface area (Å²) in [6.07, 6.45) is 4.11. The van der Waals surface area contributed by atoms with E-state index >= 15 is 0 Å². The van der Waals surface area contributed by atoms with Gasteiger partial charge in [-0.3, -0.25) is 9.59 Å². The van der Waals surface area contributed by atoms with Crippen molar-refractivity contribution in [1.82, 2.24) is 5.32 Å². The van der Waals surface area contributed by atoms with Crippen LogP contribution < -0.4 is 5.32 Å². The molecule has 0 aliphatic heterocycles. The van der Waals surface area contributed by atoms with Gasteiger partial charge in [0.2, 0.25) is 5.91 Å². The minimum atomic E-state index is -1.03. The molecule has 0 spiro atoms. The van der Waals surface area contributed by atoms with E-state index in [2.05, 4.69) is 5.32 Å². The lowest BCUT2D eigenvalue weighted by atomic mass is 9.82. The van der Waals surface area contributed by atoms with Crippen molar-refractivity contribution < 1.29 is 23.5 Å². The van der Waals surface area contributed by atoms with Gasteiger partial charge in [-0.1, -0.05) is 12.2 Å². The van der Waals surface area contributed by atoms with Crippen LogP contribution in [-0.2, 0) is 16.1 Å². The van der Waals surface area contributed by atoms with Gasteiger partial charge in [-0.25, -0.2) is 8.78 Å². The highest BCUT2D eigenvalue weighted by Crippen LogP contribution is 2.26. The number of rotatable bonds is 4. The molecule has 0 aromatic heterocycles. The molecule has 2 rings (SSSR count). The maximum absolute atomic E-state index is 13.4. The van der Waals surface area contributed by atoms with Crippen LogP contribution >= 0.6 is 0 Å². The smallest absolute Gasteiger partial charge is 0.307 e. The second kappa shape index (κ2) is 6.47. The first kappa shape index (κ1) is 15.2. The predicted octanol–water partition coefficient (Wildman–Crippen LogP) is 2.25. The monoisotopic (exact) mass is 295 g/mol. The molecule has 2 N–H and O–H groups in total. The number of carbonyl (C=O) groups is 2. The van der Waals surface area contributed by atoms with E-state index < -0.39 is 35.3 Å². The predicted molar refractivity (Wildman–Crippen MR) is 71.2 cm³/mol. The van der Waals surface area contributed by atoms with Gasteiger partial charge in [0, 0.05) is 12.1 Å². The molecule has 2 atom stereocenters. The van der Waals surface area contributed by atoms with Gasteiger partial charge in [-0.05, 0) is 31.0 Å². The molecule has 0 saturated heterocycles. The summed E-state index contributed by atoms with van der Waals surface area (Å²) in [6.45, 7) is -0.172. The Hall–Kier alpha value is -2.24. The molecule has 112 valence electrons. The minimum absolute atomic E-state index is 0.0292. The number of amides is 1. The van der Waals surface area contributed by atoms with E-state index in [0.717, 1.165) is 18.2 Å². The molecular formula is C15H15F2NO3. The van der Waals surface area contributed by atoms with E-state index in [0.29, 0.717) is 12.8 Å². The van der Waals surface area contributed by atoms with Crippen LogP contribution in [0.15, 0.2) is 30.4 Å². The number of carboxylic acids is 1. The van der Waals surface area contributed by atoms with E-state index in [1.54, 1.807) is 12.2 Å². The van der Waals surface area contributed by atoms with E-state index in [1.807, 2.05) is 0 Å². The van der Waals surface area contributed by atoms with E-state index in [4.69, 9.17) is 5.11 Å². The Morgan fingerprint density at radius 1 is 1.19 bits per heavy atom. The number of nitrogens with one attached hydrogen (secondary N) is 1.